The SMILES string of the molecule is Cc1ccc(NC(=O)CNc2cc(S(C)(=O)=O)ccc2C)cc1. The third-order valence-corrected chi connectivity index (χ3v) is 4.52. The number of hydrogen-bond acceptors (Lipinski definition) is 4. The molecule has 2 N–H and O–H groups in total. The smallest absolute Gasteiger partial charge is 0.243 e. The lowest BCUT2D eigenvalue weighted by Gasteiger charge is -2.11. The molecule has 0 bridgehead atoms. The van der Waals surface area contributed by atoms with E-state index in [0.29, 0.717) is 5.69 Å². The zero-order chi connectivity index (χ0) is 17.0. The summed E-state index contributed by atoms with van der Waals surface area (Å²) < 4.78 is 23.2. The molecule has 0 aromatic heterocycles. The van der Waals surface area contributed by atoms with Gasteiger partial charge in [0.05, 0.1) is 11.4 Å². The number of carbonyl (C=O) groups excluding carboxylic acids is 1. The quantitative estimate of drug-likeness (QED) is 0.883. The van der Waals surface area contributed by atoms with Gasteiger partial charge in [-0.25, -0.2) is 8.42 Å². The third kappa shape index (κ3) is 4.82. The number of nitrogens with one attached hydrogen (secondary N) is 2. The lowest BCUT2D eigenvalue weighted by atomic mass is 10.2. The Kier molecular flexibility index (Phi) is 5.05. The number of hydrogen-bond donors (Lipinski definition) is 2. The zero-order valence-electron chi connectivity index (χ0n) is 13.4. The summed E-state index contributed by atoms with van der Waals surface area (Å²) in [6, 6.07) is 12.3. The van der Waals surface area contributed by atoms with E-state index in [9.17, 15) is 13.2 Å². The minimum Gasteiger partial charge on any atom is -0.376 e. The Morgan fingerprint density at radius 2 is 1.70 bits per heavy atom. The molecular formula is C17H20N2O3S. The average molecular weight is 332 g/mol. The Hall–Kier alpha value is -2.34. The van der Waals surface area contributed by atoms with Gasteiger partial charge in [0.25, 0.3) is 0 Å². The lowest BCUT2D eigenvalue weighted by molar-refractivity contribution is -0.114. The molecule has 1 amide bonds. The summed E-state index contributed by atoms with van der Waals surface area (Å²) in [6.07, 6.45) is 1.16. The van der Waals surface area contributed by atoms with Gasteiger partial charge in [0, 0.05) is 17.6 Å². The van der Waals surface area contributed by atoms with Crippen LogP contribution in [0.3, 0.4) is 0 Å². The van der Waals surface area contributed by atoms with Gasteiger partial charge in [0.15, 0.2) is 9.84 Å². The van der Waals surface area contributed by atoms with Crippen LogP contribution in [0.15, 0.2) is 47.4 Å². The Morgan fingerprint density at radius 3 is 2.30 bits per heavy atom. The standard InChI is InChI=1S/C17H20N2O3S/c1-12-4-7-14(8-5-12)19-17(20)11-18-16-10-15(23(3,21)22)9-6-13(16)2/h4-10,18H,11H2,1-3H3,(H,19,20). The van der Waals surface area contributed by atoms with Crippen LogP contribution < -0.4 is 10.6 Å². The van der Waals surface area contributed by atoms with Crippen molar-refractivity contribution in [3.8, 4) is 0 Å². The van der Waals surface area contributed by atoms with Crippen molar-refractivity contribution in [2.75, 3.05) is 23.4 Å². The first-order valence-electron chi connectivity index (χ1n) is 7.17. The van der Waals surface area contributed by atoms with Gasteiger partial charge in [-0.1, -0.05) is 23.8 Å². The van der Waals surface area contributed by atoms with Crippen molar-refractivity contribution in [2.24, 2.45) is 0 Å². The van der Waals surface area contributed by atoms with E-state index in [0.717, 1.165) is 23.1 Å². The third-order valence-electron chi connectivity index (χ3n) is 3.41. The predicted octanol–water partition coefficient (Wildman–Crippen LogP) is 2.76. The van der Waals surface area contributed by atoms with E-state index in [1.54, 1.807) is 18.2 Å². The largest absolute Gasteiger partial charge is 0.376 e. The molecule has 2 aromatic rings. The van der Waals surface area contributed by atoms with Gasteiger partial charge >= 0.3 is 0 Å². The van der Waals surface area contributed by atoms with Crippen LogP contribution in [0.5, 0.6) is 0 Å². The number of rotatable bonds is 5. The predicted molar refractivity (Wildman–Crippen MR) is 92.6 cm³/mol. The minimum atomic E-state index is -3.27. The van der Waals surface area contributed by atoms with E-state index in [4.69, 9.17) is 0 Å². The van der Waals surface area contributed by atoms with Crippen molar-refractivity contribution >= 4 is 27.1 Å². The van der Waals surface area contributed by atoms with Gasteiger partial charge < -0.3 is 10.6 Å². The summed E-state index contributed by atoms with van der Waals surface area (Å²) in [5, 5.41) is 5.76. The van der Waals surface area contributed by atoms with Gasteiger partial charge in [-0.2, -0.15) is 0 Å². The molecular weight excluding hydrogens is 312 g/mol. The monoisotopic (exact) mass is 332 g/mol. The van der Waals surface area contributed by atoms with Crippen LogP contribution in [0.25, 0.3) is 0 Å². The van der Waals surface area contributed by atoms with Crippen molar-refractivity contribution in [1.82, 2.24) is 0 Å². The summed E-state index contributed by atoms with van der Waals surface area (Å²) in [4.78, 5) is 12.2. The molecule has 2 rings (SSSR count). The highest BCUT2D eigenvalue weighted by molar-refractivity contribution is 7.90. The Morgan fingerprint density at radius 1 is 1.04 bits per heavy atom. The fourth-order valence-corrected chi connectivity index (χ4v) is 2.69. The normalized spacial score (nSPS) is 11.1. The first-order valence-corrected chi connectivity index (χ1v) is 9.06. The van der Waals surface area contributed by atoms with Crippen LogP contribution in [-0.4, -0.2) is 27.1 Å². The topological polar surface area (TPSA) is 75.3 Å². The van der Waals surface area contributed by atoms with Gasteiger partial charge in [0.1, 0.15) is 0 Å². The van der Waals surface area contributed by atoms with Crippen LogP contribution in [0, 0.1) is 13.8 Å². The highest BCUT2D eigenvalue weighted by Gasteiger charge is 2.10. The highest BCUT2D eigenvalue weighted by atomic mass is 32.2. The molecule has 0 spiro atoms. The summed E-state index contributed by atoms with van der Waals surface area (Å²) in [6.45, 7) is 3.89. The van der Waals surface area contributed by atoms with Crippen LogP contribution in [0.1, 0.15) is 11.1 Å². The maximum absolute atomic E-state index is 12.0. The highest BCUT2D eigenvalue weighted by Crippen LogP contribution is 2.20. The fourth-order valence-electron chi connectivity index (χ4n) is 2.04. The van der Waals surface area contributed by atoms with Gasteiger partial charge in [-0.15, -0.1) is 0 Å². The molecule has 5 nitrogen and oxygen atoms in total. The molecule has 0 heterocycles. The van der Waals surface area contributed by atoms with Crippen LogP contribution in [0.2, 0.25) is 0 Å². The molecule has 0 atom stereocenters. The second-order valence-electron chi connectivity index (χ2n) is 5.52. The van der Waals surface area contributed by atoms with Gasteiger partial charge in [0.2, 0.25) is 5.91 Å². The maximum atomic E-state index is 12.0. The van der Waals surface area contributed by atoms with Crippen molar-refractivity contribution in [3.63, 3.8) is 0 Å². The fraction of sp³-hybridized carbons (Fsp3) is 0.235. The minimum absolute atomic E-state index is 0.0575. The van der Waals surface area contributed by atoms with E-state index in [-0.39, 0.29) is 17.3 Å². The van der Waals surface area contributed by atoms with E-state index in [1.807, 2.05) is 38.1 Å². The number of aryl methyl sites for hydroxylation is 2. The van der Waals surface area contributed by atoms with Crippen LogP contribution in [0.4, 0.5) is 11.4 Å². The summed E-state index contributed by atoms with van der Waals surface area (Å²) in [7, 11) is -3.27. The summed E-state index contributed by atoms with van der Waals surface area (Å²) in [5.41, 5.74) is 3.35. The number of amides is 1. The second-order valence-corrected chi connectivity index (χ2v) is 7.53. The Balaban J connectivity index is 2.02. The molecule has 0 aliphatic carbocycles. The van der Waals surface area contributed by atoms with Crippen molar-refractivity contribution in [3.05, 3.63) is 53.6 Å². The lowest BCUT2D eigenvalue weighted by Crippen LogP contribution is -2.22. The van der Waals surface area contributed by atoms with Crippen molar-refractivity contribution in [1.29, 1.82) is 0 Å². The molecule has 0 saturated carbocycles. The summed E-state index contributed by atoms with van der Waals surface area (Å²) >= 11 is 0. The number of carbonyl (C=O) groups is 1. The molecule has 0 aliphatic rings. The van der Waals surface area contributed by atoms with Crippen LogP contribution >= 0.6 is 0 Å². The van der Waals surface area contributed by atoms with Crippen molar-refractivity contribution < 1.29 is 13.2 Å². The molecule has 2 aromatic carbocycles. The molecule has 0 saturated heterocycles. The molecule has 0 aliphatic heterocycles. The van der Waals surface area contributed by atoms with E-state index in [2.05, 4.69) is 10.6 Å². The van der Waals surface area contributed by atoms with Crippen molar-refractivity contribution in [2.45, 2.75) is 18.7 Å². The second kappa shape index (κ2) is 6.83. The summed E-state index contributed by atoms with van der Waals surface area (Å²) in [5.74, 6) is -0.196. The Bertz CT molecular complexity index is 812. The van der Waals surface area contributed by atoms with E-state index < -0.39 is 9.84 Å². The number of sulfone groups is 1. The Labute approximate surface area is 136 Å². The number of benzene rings is 2. The molecule has 6 heteroatoms. The average Bonchev–Trinajstić information content (AvgIpc) is 2.47. The molecule has 0 fully saturated rings. The maximum Gasteiger partial charge on any atom is 0.243 e. The number of anilines is 2. The molecule has 0 unspecified atom stereocenters. The molecule has 0 radical (unpaired) electrons. The first kappa shape index (κ1) is 17.0. The first-order chi connectivity index (χ1) is 10.8. The van der Waals surface area contributed by atoms with Crippen LogP contribution in [-0.2, 0) is 14.6 Å². The molecule has 122 valence electrons. The van der Waals surface area contributed by atoms with E-state index in [1.165, 1.54) is 0 Å². The zero-order valence-corrected chi connectivity index (χ0v) is 14.2. The van der Waals surface area contributed by atoms with Gasteiger partial charge in [-0.05, 0) is 43.7 Å². The van der Waals surface area contributed by atoms with E-state index >= 15 is 0 Å². The van der Waals surface area contributed by atoms with Gasteiger partial charge in [-0.3, -0.25) is 4.79 Å². The molecule has 23 heavy (non-hydrogen) atoms.